The van der Waals surface area contributed by atoms with Crippen LogP contribution in [0.1, 0.15) is 40.0 Å². The van der Waals surface area contributed by atoms with Crippen molar-refractivity contribution in [3.8, 4) is 0 Å². The highest BCUT2D eigenvalue weighted by atomic mass is 16.2. The van der Waals surface area contributed by atoms with Gasteiger partial charge in [0, 0.05) is 54.9 Å². The molecule has 4 heteroatoms. The van der Waals surface area contributed by atoms with Crippen LogP contribution >= 0.6 is 0 Å². The van der Waals surface area contributed by atoms with Gasteiger partial charge < -0.3 is 9.88 Å². The standard InChI is InChI=1S/C25H29N3O/c29-25(20-10-11-22-21-8-4-5-9-23(21)26-24(22)18-20)28-16-14-27(15-17-28)13-12-19-6-2-1-3-7-19/h1-3,6-7,10-11,18,26H,4-5,8-9,12-17H2. The number of aromatic nitrogens is 1. The van der Waals surface area contributed by atoms with Gasteiger partial charge in [-0.3, -0.25) is 9.69 Å². The second kappa shape index (κ2) is 8.03. The van der Waals surface area contributed by atoms with Gasteiger partial charge in [0.15, 0.2) is 0 Å². The van der Waals surface area contributed by atoms with Gasteiger partial charge >= 0.3 is 0 Å². The molecule has 1 N–H and O–H groups in total. The number of hydrogen-bond donors (Lipinski definition) is 1. The van der Waals surface area contributed by atoms with Crippen LogP contribution in [0.15, 0.2) is 48.5 Å². The van der Waals surface area contributed by atoms with Crippen molar-refractivity contribution in [2.75, 3.05) is 32.7 Å². The Morgan fingerprint density at radius 1 is 0.931 bits per heavy atom. The third-order valence-electron chi connectivity index (χ3n) is 6.56. The lowest BCUT2D eigenvalue weighted by molar-refractivity contribution is 0.0638. The van der Waals surface area contributed by atoms with Crippen LogP contribution in [0.4, 0.5) is 0 Å². The maximum absolute atomic E-state index is 13.1. The minimum Gasteiger partial charge on any atom is -0.358 e. The fraction of sp³-hybridized carbons (Fsp3) is 0.400. The molecule has 1 amide bonds. The fourth-order valence-electron chi connectivity index (χ4n) is 4.84. The van der Waals surface area contributed by atoms with Gasteiger partial charge in [0.2, 0.25) is 0 Å². The Labute approximate surface area is 172 Å². The van der Waals surface area contributed by atoms with Crippen molar-refractivity contribution >= 4 is 16.8 Å². The van der Waals surface area contributed by atoms with Crippen molar-refractivity contribution in [1.29, 1.82) is 0 Å². The molecule has 1 saturated heterocycles. The zero-order chi connectivity index (χ0) is 19.6. The van der Waals surface area contributed by atoms with E-state index in [1.54, 1.807) is 0 Å². The Balaban J connectivity index is 1.21. The maximum Gasteiger partial charge on any atom is 0.254 e. The number of carbonyl (C=O) groups is 1. The number of amides is 1. The molecule has 0 radical (unpaired) electrons. The molecule has 0 saturated carbocycles. The van der Waals surface area contributed by atoms with Crippen LogP contribution in [0.3, 0.4) is 0 Å². The number of nitrogens with one attached hydrogen (secondary N) is 1. The summed E-state index contributed by atoms with van der Waals surface area (Å²) in [5.41, 5.74) is 6.17. The molecule has 3 aromatic rings. The van der Waals surface area contributed by atoms with E-state index in [-0.39, 0.29) is 5.91 Å². The zero-order valence-electron chi connectivity index (χ0n) is 17.0. The summed E-state index contributed by atoms with van der Waals surface area (Å²) in [6.07, 6.45) is 5.91. The summed E-state index contributed by atoms with van der Waals surface area (Å²) in [6.45, 7) is 4.60. The quantitative estimate of drug-likeness (QED) is 0.734. The fourth-order valence-corrected chi connectivity index (χ4v) is 4.84. The molecule has 29 heavy (non-hydrogen) atoms. The van der Waals surface area contributed by atoms with Crippen molar-refractivity contribution in [2.45, 2.75) is 32.1 Å². The summed E-state index contributed by atoms with van der Waals surface area (Å²) < 4.78 is 0. The number of benzene rings is 2. The van der Waals surface area contributed by atoms with Crippen molar-refractivity contribution in [3.05, 3.63) is 70.9 Å². The number of fused-ring (bicyclic) bond motifs is 3. The van der Waals surface area contributed by atoms with Gasteiger partial charge in [-0.25, -0.2) is 0 Å². The number of aryl methyl sites for hydroxylation is 2. The molecule has 2 aliphatic rings. The summed E-state index contributed by atoms with van der Waals surface area (Å²) in [5.74, 6) is 0.169. The van der Waals surface area contributed by atoms with E-state index in [0.717, 1.165) is 63.1 Å². The SMILES string of the molecule is O=C(c1ccc2c3c([nH]c2c1)CCCC3)N1CCN(CCc2ccccc2)CC1. The average molecular weight is 388 g/mol. The second-order valence-electron chi connectivity index (χ2n) is 8.42. The van der Waals surface area contributed by atoms with E-state index >= 15 is 0 Å². The third kappa shape index (κ3) is 3.82. The van der Waals surface area contributed by atoms with E-state index < -0.39 is 0 Å². The van der Waals surface area contributed by atoms with Crippen LogP contribution in [-0.2, 0) is 19.3 Å². The monoisotopic (exact) mass is 387 g/mol. The molecule has 2 aromatic carbocycles. The van der Waals surface area contributed by atoms with Crippen molar-refractivity contribution < 1.29 is 4.79 Å². The van der Waals surface area contributed by atoms with Crippen molar-refractivity contribution in [1.82, 2.24) is 14.8 Å². The molecule has 2 heterocycles. The zero-order valence-corrected chi connectivity index (χ0v) is 17.0. The number of carbonyl (C=O) groups excluding carboxylic acids is 1. The molecule has 1 fully saturated rings. The Bertz CT molecular complexity index is 1000. The first kappa shape index (κ1) is 18.4. The summed E-state index contributed by atoms with van der Waals surface area (Å²) in [5, 5.41) is 1.31. The Morgan fingerprint density at radius 2 is 1.72 bits per heavy atom. The summed E-state index contributed by atoms with van der Waals surface area (Å²) in [7, 11) is 0. The predicted molar refractivity (Wildman–Crippen MR) is 117 cm³/mol. The van der Waals surface area contributed by atoms with Gasteiger partial charge in [0.1, 0.15) is 0 Å². The molecule has 0 bridgehead atoms. The van der Waals surface area contributed by atoms with Crippen LogP contribution in [0.2, 0.25) is 0 Å². The van der Waals surface area contributed by atoms with Gasteiger partial charge in [-0.2, -0.15) is 0 Å². The molecule has 0 unspecified atom stereocenters. The first-order valence-electron chi connectivity index (χ1n) is 11.0. The lowest BCUT2D eigenvalue weighted by atomic mass is 9.95. The van der Waals surface area contributed by atoms with E-state index in [0.29, 0.717) is 0 Å². The van der Waals surface area contributed by atoms with E-state index in [2.05, 4.69) is 52.3 Å². The Morgan fingerprint density at radius 3 is 2.55 bits per heavy atom. The van der Waals surface area contributed by atoms with E-state index in [1.165, 1.54) is 35.0 Å². The van der Waals surface area contributed by atoms with Crippen LogP contribution in [0.25, 0.3) is 10.9 Å². The number of H-pyrrole nitrogens is 1. The molecule has 1 aliphatic heterocycles. The highest BCUT2D eigenvalue weighted by Crippen LogP contribution is 2.29. The van der Waals surface area contributed by atoms with Gasteiger partial charge in [-0.05, 0) is 55.4 Å². The molecule has 1 aliphatic carbocycles. The first-order valence-corrected chi connectivity index (χ1v) is 11.0. The van der Waals surface area contributed by atoms with Crippen LogP contribution in [0, 0.1) is 0 Å². The minimum absolute atomic E-state index is 0.169. The van der Waals surface area contributed by atoms with Crippen LogP contribution in [0.5, 0.6) is 0 Å². The summed E-state index contributed by atoms with van der Waals surface area (Å²) >= 11 is 0. The van der Waals surface area contributed by atoms with Gasteiger partial charge in [-0.1, -0.05) is 36.4 Å². The predicted octanol–water partition coefficient (Wildman–Crippen LogP) is 4.05. The normalized spacial score (nSPS) is 17.4. The second-order valence-corrected chi connectivity index (χ2v) is 8.42. The highest BCUT2D eigenvalue weighted by Gasteiger charge is 2.23. The number of nitrogens with zero attached hydrogens (tertiary/aromatic N) is 2. The number of piperazine rings is 1. The minimum atomic E-state index is 0.169. The van der Waals surface area contributed by atoms with E-state index in [1.807, 2.05) is 11.0 Å². The van der Waals surface area contributed by atoms with E-state index in [9.17, 15) is 4.79 Å². The Kier molecular flexibility index (Phi) is 5.11. The van der Waals surface area contributed by atoms with Crippen LogP contribution < -0.4 is 0 Å². The molecule has 150 valence electrons. The number of hydrogen-bond acceptors (Lipinski definition) is 2. The van der Waals surface area contributed by atoms with E-state index in [4.69, 9.17) is 0 Å². The average Bonchev–Trinajstić information content (AvgIpc) is 3.16. The van der Waals surface area contributed by atoms with Gasteiger partial charge in [0.05, 0.1) is 0 Å². The van der Waals surface area contributed by atoms with Gasteiger partial charge in [-0.15, -0.1) is 0 Å². The van der Waals surface area contributed by atoms with Crippen molar-refractivity contribution in [3.63, 3.8) is 0 Å². The largest absolute Gasteiger partial charge is 0.358 e. The van der Waals surface area contributed by atoms with Crippen LogP contribution in [-0.4, -0.2) is 53.4 Å². The molecule has 5 rings (SSSR count). The lowest BCUT2D eigenvalue weighted by Crippen LogP contribution is -2.49. The third-order valence-corrected chi connectivity index (χ3v) is 6.56. The number of rotatable bonds is 4. The molecule has 1 aromatic heterocycles. The summed E-state index contributed by atoms with van der Waals surface area (Å²) in [6, 6.07) is 16.9. The van der Waals surface area contributed by atoms with Crippen molar-refractivity contribution in [2.24, 2.45) is 0 Å². The molecular weight excluding hydrogens is 358 g/mol. The first-order chi connectivity index (χ1) is 14.3. The Hall–Kier alpha value is -2.59. The molecule has 4 nitrogen and oxygen atoms in total. The molecule has 0 spiro atoms. The molecule has 0 atom stereocenters. The lowest BCUT2D eigenvalue weighted by Gasteiger charge is -2.34. The topological polar surface area (TPSA) is 39.3 Å². The number of aromatic amines is 1. The maximum atomic E-state index is 13.1. The molecular formula is C25H29N3O. The highest BCUT2D eigenvalue weighted by molar-refractivity contribution is 5.99. The summed E-state index contributed by atoms with van der Waals surface area (Å²) in [4.78, 5) is 21.1. The van der Waals surface area contributed by atoms with Gasteiger partial charge in [0.25, 0.3) is 5.91 Å². The smallest absolute Gasteiger partial charge is 0.254 e.